The maximum Gasteiger partial charge on any atom is 0.306 e. The first-order valence-corrected chi connectivity index (χ1v) is 14.0. The van der Waals surface area contributed by atoms with Crippen molar-refractivity contribution in [1.29, 1.82) is 0 Å². The molecule has 0 saturated heterocycles. The van der Waals surface area contributed by atoms with E-state index in [9.17, 15) is 9.90 Å². The van der Waals surface area contributed by atoms with Gasteiger partial charge in [0, 0.05) is 35.0 Å². The Balaban J connectivity index is 1.42. The second-order valence-electron chi connectivity index (χ2n) is 11.0. The highest BCUT2D eigenvalue weighted by atomic mass is 16.5. The lowest BCUT2D eigenvalue weighted by Crippen LogP contribution is -2.29. The summed E-state index contributed by atoms with van der Waals surface area (Å²) >= 11 is 0. The Hall–Kier alpha value is -4.09. The number of carbonyl (C=O) groups is 1. The summed E-state index contributed by atoms with van der Waals surface area (Å²) < 4.78 is 12.6. The molecule has 0 fully saturated rings. The Kier molecular flexibility index (Phi) is 8.51. The number of aryl methyl sites for hydroxylation is 1. The van der Waals surface area contributed by atoms with Crippen LogP contribution in [0.3, 0.4) is 0 Å². The predicted octanol–water partition coefficient (Wildman–Crippen LogP) is 8.22. The third-order valence-corrected chi connectivity index (χ3v) is 7.60. The summed E-state index contributed by atoms with van der Waals surface area (Å²) in [7, 11) is 0. The molecule has 0 radical (unpaired) electrons. The molecule has 5 heteroatoms. The summed E-state index contributed by atoms with van der Waals surface area (Å²) in [5.74, 6) is -0.244. The maximum absolute atomic E-state index is 12.0. The van der Waals surface area contributed by atoms with Crippen LogP contribution in [0.15, 0.2) is 95.4 Å². The van der Waals surface area contributed by atoms with E-state index in [2.05, 4.69) is 60.4 Å². The number of aliphatic carboxylic acids is 1. The average Bonchev–Trinajstić information content (AvgIpc) is 3.32. The van der Waals surface area contributed by atoms with Crippen molar-refractivity contribution >= 4 is 27.9 Å². The van der Waals surface area contributed by atoms with Crippen molar-refractivity contribution in [2.45, 2.75) is 46.9 Å². The number of ether oxygens (including phenoxy) is 1. The largest absolute Gasteiger partial charge is 0.489 e. The number of rotatable bonds is 12. The third-order valence-electron chi connectivity index (χ3n) is 7.60. The fourth-order valence-corrected chi connectivity index (χ4v) is 5.43. The van der Waals surface area contributed by atoms with Crippen LogP contribution in [-0.2, 0) is 24.5 Å². The molecule has 0 aliphatic carbocycles. The number of benzene rings is 4. The second kappa shape index (κ2) is 12.4. The minimum atomic E-state index is -0.740. The Morgan fingerprint density at radius 1 is 0.875 bits per heavy atom. The second-order valence-corrected chi connectivity index (χ2v) is 11.0. The number of hydrogen-bond acceptors (Lipinski definition) is 4. The van der Waals surface area contributed by atoms with Gasteiger partial charge in [0.05, 0.1) is 5.92 Å². The molecule has 0 amide bonds. The van der Waals surface area contributed by atoms with Gasteiger partial charge in [-0.3, -0.25) is 9.69 Å². The molecule has 5 aromatic rings. The molecule has 206 valence electrons. The molecule has 0 spiro atoms. The summed E-state index contributed by atoms with van der Waals surface area (Å²) in [4.78, 5) is 14.3. The van der Waals surface area contributed by atoms with Crippen LogP contribution in [0, 0.1) is 18.8 Å². The molecule has 1 atom stereocenters. The molecule has 0 saturated carbocycles. The number of carboxylic acid groups (broad SMARTS) is 1. The maximum atomic E-state index is 12.0. The van der Waals surface area contributed by atoms with Crippen molar-refractivity contribution < 1.29 is 19.1 Å². The van der Waals surface area contributed by atoms with E-state index < -0.39 is 11.9 Å². The van der Waals surface area contributed by atoms with Crippen molar-refractivity contribution in [2.24, 2.45) is 11.8 Å². The van der Waals surface area contributed by atoms with Crippen LogP contribution < -0.4 is 4.74 Å². The standard InChI is InChI=1S/C35H37NO4/c1-24(2)29(35(37)38)18-19-36(22-28-13-9-15-31-30-14-5-7-17-33(30)40-34(28)31)21-27-12-4-6-16-32(27)39-23-26-11-8-10-25(3)20-26/h4-17,20,24,29H,18-19,21-23H2,1-3H3,(H,37,38). The van der Waals surface area contributed by atoms with Gasteiger partial charge in [0.15, 0.2) is 0 Å². The van der Waals surface area contributed by atoms with E-state index in [1.807, 2.05) is 56.3 Å². The van der Waals surface area contributed by atoms with Gasteiger partial charge >= 0.3 is 5.97 Å². The molecule has 5 nitrogen and oxygen atoms in total. The molecule has 4 aromatic carbocycles. The van der Waals surface area contributed by atoms with Crippen LogP contribution in [0.1, 0.15) is 42.5 Å². The van der Waals surface area contributed by atoms with E-state index in [0.717, 1.165) is 44.4 Å². The highest BCUT2D eigenvalue weighted by molar-refractivity contribution is 6.05. The summed E-state index contributed by atoms with van der Waals surface area (Å²) in [5.41, 5.74) is 6.25. The molecular weight excluding hydrogens is 498 g/mol. The van der Waals surface area contributed by atoms with E-state index in [1.54, 1.807) is 0 Å². The van der Waals surface area contributed by atoms with Crippen molar-refractivity contribution in [3.05, 3.63) is 113 Å². The number of fused-ring (bicyclic) bond motifs is 3. The molecule has 0 aliphatic rings. The van der Waals surface area contributed by atoms with Gasteiger partial charge in [-0.15, -0.1) is 0 Å². The van der Waals surface area contributed by atoms with Gasteiger partial charge in [0.2, 0.25) is 0 Å². The fourth-order valence-electron chi connectivity index (χ4n) is 5.43. The monoisotopic (exact) mass is 535 g/mol. The van der Waals surface area contributed by atoms with Gasteiger partial charge in [0.25, 0.3) is 0 Å². The van der Waals surface area contributed by atoms with Gasteiger partial charge in [-0.1, -0.05) is 98.3 Å². The highest BCUT2D eigenvalue weighted by Gasteiger charge is 2.23. The molecule has 40 heavy (non-hydrogen) atoms. The number of hydrogen-bond donors (Lipinski definition) is 1. The Labute approximate surface area is 236 Å². The van der Waals surface area contributed by atoms with Crippen molar-refractivity contribution in [3.63, 3.8) is 0 Å². The SMILES string of the molecule is Cc1cccc(COc2ccccc2CN(CCC(C(=O)O)C(C)C)Cc2cccc3c2oc2ccccc23)c1. The summed E-state index contributed by atoms with van der Waals surface area (Å²) in [6.45, 7) is 8.43. The number of nitrogens with zero attached hydrogens (tertiary/aromatic N) is 1. The van der Waals surface area contributed by atoms with Gasteiger partial charge in [0.1, 0.15) is 23.5 Å². The fraction of sp³-hybridized carbons (Fsp3) is 0.286. The Bertz CT molecular complexity index is 1600. The molecule has 1 heterocycles. The average molecular weight is 536 g/mol. The molecular formula is C35H37NO4. The predicted molar refractivity (Wildman–Crippen MR) is 160 cm³/mol. The van der Waals surface area contributed by atoms with E-state index in [1.165, 1.54) is 5.56 Å². The number of furan rings is 1. The minimum Gasteiger partial charge on any atom is -0.489 e. The van der Waals surface area contributed by atoms with Crippen LogP contribution in [0.5, 0.6) is 5.75 Å². The zero-order chi connectivity index (χ0) is 28.1. The third kappa shape index (κ3) is 6.37. The van der Waals surface area contributed by atoms with Crippen LogP contribution in [0.2, 0.25) is 0 Å². The molecule has 0 bridgehead atoms. The first kappa shape index (κ1) is 27.5. The molecule has 1 N–H and O–H groups in total. The summed E-state index contributed by atoms with van der Waals surface area (Å²) in [6, 6.07) is 30.9. The molecule has 1 aromatic heterocycles. The summed E-state index contributed by atoms with van der Waals surface area (Å²) in [6.07, 6.45) is 0.565. The molecule has 5 rings (SSSR count). The van der Waals surface area contributed by atoms with Crippen molar-refractivity contribution in [3.8, 4) is 5.75 Å². The Morgan fingerprint density at radius 3 is 2.38 bits per heavy atom. The van der Waals surface area contributed by atoms with Crippen LogP contribution in [0.25, 0.3) is 21.9 Å². The van der Waals surface area contributed by atoms with Crippen LogP contribution in [0.4, 0.5) is 0 Å². The summed E-state index contributed by atoms with van der Waals surface area (Å²) in [5, 5.41) is 12.0. The smallest absolute Gasteiger partial charge is 0.306 e. The zero-order valence-corrected chi connectivity index (χ0v) is 23.5. The normalized spacial score (nSPS) is 12.4. The van der Waals surface area contributed by atoms with Crippen molar-refractivity contribution in [2.75, 3.05) is 6.54 Å². The number of carboxylic acids is 1. The van der Waals surface area contributed by atoms with Crippen LogP contribution >= 0.6 is 0 Å². The molecule has 1 unspecified atom stereocenters. The zero-order valence-electron chi connectivity index (χ0n) is 23.5. The number of para-hydroxylation sites is 3. The lowest BCUT2D eigenvalue weighted by molar-refractivity contribution is -0.143. The quantitative estimate of drug-likeness (QED) is 0.174. The van der Waals surface area contributed by atoms with Gasteiger partial charge in [-0.05, 0) is 43.5 Å². The lowest BCUT2D eigenvalue weighted by Gasteiger charge is -2.26. The lowest BCUT2D eigenvalue weighted by atomic mass is 9.92. The highest BCUT2D eigenvalue weighted by Crippen LogP contribution is 2.32. The van der Waals surface area contributed by atoms with Gasteiger partial charge in [-0.25, -0.2) is 0 Å². The van der Waals surface area contributed by atoms with E-state index in [4.69, 9.17) is 9.15 Å². The van der Waals surface area contributed by atoms with Crippen molar-refractivity contribution in [1.82, 2.24) is 4.90 Å². The van der Waals surface area contributed by atoms with E-state index in [-0.39, 0.29) is 5.92 Å². The molecule has 0 aliphatic heterocycles. The van der Waals surface area contributed by atoms with Crippen LogP contribution in [-0.4, -0.2) is 22.5 Å². The van der Waals surface area contributed by atoms with E-state index >= 15 is 0 Å². The first-order valence-electron chi connectivity index (χ1n) is 14.0. The van der Waals surface area contributed by atoms with Gasteiger partial charge < -0.3 is 14.3 Å². The minimum absolute atomic E-state index is 0.0584. The first-order chi connectivity index (χ1) is 19.4. The van der Waals surface area contributed by atoms with E-state index in [0.29, 0.717) is 32.7 Å². The topological polar surface area (TPSA) is 62.9 Å². The van der Waals surface area contributed by atoms with Gasteiger partial charge in [-0.2, -0.15) is 0 Å². The Morgan fingerprint density at radius 2 is 1.57 bits per heavy atom.